The molecular formula is C24H17NO5. The zero-order valence-electron chi connectivity index (χ0n) is 15.8. The summed E-state index contributed by atoms with van der Waals surface area (Å²) in [5.74, 6) is 0.441. The number of benzene rings is 3. The molecule has 1 N–H and O–H groups in total. The van der Waals surface area contributed by atoms with Crippen LogP contribution < -0.4 is 14.8 Å². The standard InChI is InChI=1S/C24H17NO5/c26-22(15-8-2-1-3-9-15)23-21(16-10-4-5-11-17(16)30-23)25-24(27)20-14-28-18-12-6-7-13-19(18)29-20/h1-13,20H,14H2,(H,25,27)/t20-/m1/s1. The predicted octanol–water partition coefficient (Wildman–Crippen LogP) is 4.44. The fourth-order valence-electron chi connectivity index (χ4n) is 3.40. The Labute approximate surface area is 172 Å². The van der Waals surface area contributed by atoms with Gasteiger partial charge in [-0.05, 0) is 24.3 Å². The second kappa shape index (κ2) is 7.40. The van der Waals surface area contributed by atoms with Gasteiger partial charge in [-0.25, -0.2) is 0 Å². The van der Waals surface area contributed by atoms with Crippen molar-refractivity contribution in [2.75, 3.05) is 11.9 Å². The van der Waals surface area contributed by atoms with Gasteiger partial charge in [-0.15, -0.1) is 0 Å². The van der Waals surface area contributed by atoms with Gasteiger partial charge in [-0.3, -0.25) is 9.59 Å². The van der Waals surface area contributed by atoms with Gasteiger partial charge in [0.25, 0.3) is 5.91 Å². The van der Waals surface area contributed by atoms with Crippen LogP contribution >= 0.6 is 0 Å². The van der Waals surface area contributed by atoms with Crippen molar-refractivity contribution in [3.8, 4) is 11.5 Å². The van der Waals surface area contributed by atoms with E-state index in [4.69, 9.17) is 13.9 Å². The molecule has 1 aliphatic heterocycles. The molecule has 0 bridgehead atoms. The number of hydrogen-bond acceptors (Lipinski definition) is 5. The van der Waals surface area contributed by atoms with E-state index in [1.165, 1.54) is 0 Å². The molecule has 0 unspecified atom stereocenters. The maximum Gasteiger partial charge on any atom is 0.269 e. The third-order valence-electron chi connectivity index (χ3n) is 4.89. The number of ketones is 1. The van der Waals surface area contributed by atoms with Gasteiger partial charge in [0.2, 0.25) is 11.9 Å². The van der Waals surface area contributed by atoms with E-state index in [0.717, 1.165) is 0 Å². The van der Waals surface area contributed by atoms with Crippen LogP contribution in [0.3, 0.4) is 0 Å². The predicted molar refractivity (Wildman–Crippen MR) is 111 cm³/mol. The summed E-state index contributed by atoms with van der Waals surface area (Å²) in [6.07, 6.45) is -0.853. The average Bonchev–Trinajstić information content (AvgIpc) is 3.17. The number of furan rings is 1. The highest BCUT2D eigenvalue weighted by Crippen LogP contribution is 2.34. The summed E-state index contributed by atoms with van der Waals surface area (Å²) in [6, 6.07) is 23.1. The van der Waals surface area contributed by atoms with Crippen LogP contribution in [0.1, 0.15) is 16.1 Å². The fraction of sp³-hybridized carbons (Fsp3) is 0.0833. The second-order valence-corrected chi connectivity index (χ2v) is 6.85. The highest BCUT2D eigenvalue weighted by atomic mass is 16.6. The number of amides is 1. The van der Waals surface area contributed by atoms with Crippen molar-refractivity contribution in [1.82, 2.24) is 0 Å². The number of hydrogen-bond donors (Lipinski definition) is 1. The summed E-state index contributed by atoms with van der Waals surface area (Å²) < 4.78 is 17.2. The van der Waals surface area contributed by atoms with Gasteiger partial charge >= 0.3 is 0 Å². The summed E-state index contributed by atoms with van der Waals surface area (Å²) in [5.41, 5.74) is 1.31. The topological polar surface area (TPSA) is 77.8 Å². The third kappa shape index (κ3) is 3.18. The Morgan fingerprint density at radius 3 is 2.37 bits per heavy atom. The lowest BCUT2D eigenvalue weighted by atomic mass is 10.1. The molecule has 0 saturated heterocycles. The van der Waals surface area contributed by atoms with Gasteiger partial charge < -0.3 is 19.2 Å². The normalized spacial score (nSPS) is 15.0. The highest BCUT2D eigenvalue weighted by Gasteiger charge is 2.30. The number of fused-ring (bicyclic) bond motifs is 2. The molecule has 2 heterocycles. The molecule has 1 atom stereocenters. The lowest BCUT2D eigenvalue weighted by Crippen LogP contribution is -2.40. The van der Waals surface area contributed by atoms with E-state index < -0.39 is 12.0 Å². The lowest BCUT2D eigenvalue weighted by molar-refractivity contribution is -0.125. The van der Waals surface area contributed by atoms with Gasteiger partial charge in [0.05, 0.1) is 5.69 Å². The molecule has 30 heavy (non-hydrogen) atoms. The number of ether oxygens (including phenoxy) is 2. The SMILES string of the molecule is O=C(c1ccccc1)c1oc2ccccc2c1NC(=O)[C@H]1COc2ccccc2O1. The molecule has 0 fully saturated rings. The van der Waals surface area contributed by atoms with E-state index >= 15 is 0 Å². The molecule has 1 aliphatic rings. The first-order valence-electron chi connectivity index (χ1n) is 9.51. The van der Waals surface area contributed by atoms with E-state index in [0.29, 0.717) is 33.7 Å². The van der Waals surface area contributed by atoms with Crippen LogP contribution in [0.4, 0.5) is 5.69 Å². The summed E-state index contributed by atoms with van der Waals surface area (Å²) in [4.78, 5) is 26.0. The molecule has 0 spiro atoms. The summed E-state index contributed by atoms with van der Waals surface area (Å²) in [5, 5.41) is 3.47. The lowest BCUT2D eigenvalue weighted by Gasteiger charge is -2.25. The Balaban J connectivity index is 1.48. The summed E-state index contributed by atoms with van der Waals surface area (Å²) in [6.45, 7) is 0.0700. The van der Waals surface area contributed by atoms with Crippen LogP contribution in [0.2, 0.25) is 0 Å². The Morgan fingerprint density at radius 1 is 0.833 bits per heavy atom. The zero-order chi connectivity index (χ0) is 20.5. The minimum atomic E-state index is -0.853. The van der Waals surface area contributed by atoms with E-state index in [-0.39, 0.29) is 18.2 Å². The first-order chi connectivity index (χ1) is 14.7. The van der Waals surface area contributed by atoms with E-state index in [1.54, 1.807) is 48.5 Å². The van der Waals surface area contributed by atoms with Crippen molar-refractivity contribution in [2.24, 2.45) is 0 Å². The van der Waals surface area contributed by atoms with E-state index in [1.807, 2.05) is 30.3 Å². The summed E-state index contributed by atoms with van der Waals surface area (Å²) >= 11 is 0. The summed E-state index contributed by atoms with van der Waals surface area (Å²) in [7, 11) is 0. The van der Waals surface area contributed by atoms with Gasteiger partial charge in [0.15, 0.2) is 17.3 Å². The van der Waals surface area contributed by atoms with Gasteiger partial charge in [-0.2, -0.15) is 0 Å². The maximum atomic E-state index is 13.1. The maximum absolute atomic E-state index is 13.1. The molecule has 1 aromatic heterocycles. The molecule has 0 aliphatic carbocycles. The van der Waals surface area contributed by atoms with Crippen molar-refractivity contribution in [3.05, 3.63) is 90.2 Å². The van der Waals surface area contributed by atoms with Gasteiger partial charge in [-0.1, -0.05) is 54.6 Å². The van der Waals surface area contributed by atoms with Crippen LogP contribution in [0.5, 0.6) is 11.5 Å². The van der Waals surface area contributed by atoms with Crippen molar-refractivity contribution >= 4 is 28.3 Å². The molecule has 0 radical (unpaired) electrons. The number of rotatable bonds is 4. The Bertz CT molecular complexity index is 1240. The Hall–Kier alpha value is -4.06. The van der Waals surface area contributed by atoms with E-state index in [9.17, 15) is 9.59 Å². The smallest absolute Gasteiger partial charge is 0.269 e. The van der Waals surface area contributed by atoms with Crippen molar-refractivity contribution < 1.29 is 23.5 Å². The molecule has 148 valence electrons. The molecule has 1 amide bonds. The van der Waals surface area contributed by atoms with Crippen molar-refractivity contribution in [3.63, 3.8) is 0 Å². The minimum Gasteiger partial charge on any atom is -0.485 e. The van der Waals surface area contributed by atoms with Crippen LogP contribution in [-0.2, 0) is 4.79 Å². The molecule has 4 aromatic rings. The van der Waals surface area contributed by atoms with Crippen LogP contribution in [0, 0.1) is 0 Å². The highest BCUT2D eigenvalue weighted by molar-refractivity contribution is 6.17. The molecule has 6 nitrogen and oxygen atoms in total. The molecular weight excluding hydrogens is 382 g/mol. The average molecular weight is 399 g/mol. The monoisotopic (exact) mass is 399 g/mol. The number of carbonyl (C=O) groups excluding carboxylic acids is 2. The quantitative estimate of drug-likeness (QED) is 0.513. The van der Waals surface area contributed by atoms with Crippen LogP contribution in [0.25, 0.3) is 11.0 Å². The third-order valence-corrected chi connectivity index (χ3v) is 4.89. The second-order valence-electron chi connectivity index (χ2n) is 6.85. The number of para-hydroxylation sites is 3. The number of anilines is 1. The Kier molecular flexibility index (Phi) is 4.44. The Morgan fingerprint density at radius 2 is 1.53 bits per heavy atom. The van der Waals surface area contributed by atoms with Crippen LogP contribution in [0.15, 0.2) is 83.3 Å². The molecule has 3 aromatic carbocycles. The zero-order valence-corrected chi connectivity index (χ0v) is 15.8. The first kappa shape index (κ1) is 18.0. The molecule has 6 heteroatoms. The van der Waals surface area contributed by atoms with E-state index in [2.05, 4.69) is 5.32 Å². The first-order valence-corrected chi connectivity index (χ1v) is 9.51. The van der Waals surface area contributed by atoms with Gasteiger partial charge in [0, 0.05) is 10.9 Å². The van der Waals surface area contributed by atoms with Crippen molar-refractivity contribution in [1.29, 1.82) is 0 Å². The number of nitrogens with one attached hydrogen (secondary N) is 1. The van der Waals surface area contributed by atoms with Crippen molar-refractivity contribution in [2.45, 2.75) is 6.10 Å². The minimum absolute atomic E-state index is 0.0700. The largest absolute Gasteiger partial charge is 0.485 e. The number of carbonyl (C=O) groups is 2. The molecule has 0 saturated carbocycles. The molecule has 5 rings (SSSR count). The van der Waals surface area contributed by atoms with Crippen LogP contribution in [-0.4, -0.2) is 24.4 Å². The fourth-order valence-corrected chi connectivity index (χ4v) is 3.40. The van der Waals surface area contributed by atoms with Gasteiger partial charge in [0.1, 0.15) is 12.2 Å².